The summed E-state index contributed by atoms with van der Waals surface area (Å²) in [5.41, 5.74) is 0.171. The quantitative estimate of drug-likeness (QED) is 0.561. The Morgan fingerprint density at radius 1 is 1.33 bits per heavy atom. The molecule has 0 bridgehead atoms. The monoisotopic (exact) mass is 380 g/mol. The lowest BCUT2D eigenvalue weighted by Crippen LogP contribution is -2.57. The summed E-state index contributed by atoms with van der Waals surface area (Å²) in [5, 5.41) is 10.6. The standard InChI is InChI=1S/C19H36N6O2/c1-9-19(10-2,23-17(26)27-18(3,4)5)14-21-16(20-6)24(7)12-15-11-22-25(8)13-15/h11,13H,9-10,12,14H2,1-8H3,(H,20,21)(H,23,26). The summed E-state index contributed by atoms with van der Waals surface area (Å²) >= 11 is 0. The van der Waals surface area contributed by atoms with Crippen molar-refractivity contribution in [2.75, 3.05) is 20.6 Å². The number of hydrogen-bond acceptors (Lipinski definition) is 4. The number of nitrogens with zero attached hydrogens (tertiary/aromatic N) is 4. The molecule has 27 heavy (non-hydrogen) atoms. The van der Waals surface area contributed by atoms with E-state index in [-0.39, 0.29) is 0 Å². The number of amides is 1. The van der Waals surface area contributed by atoms with E-state index in [1.54, 1.807) is 11.7 Å². The van der Waals surface area contributed by atoms with Crippen molar-refractivity contribution in [3.8, 4) is 0 Å². The van der Waals surface area contributed by atoms with Gasteiger partial charge in [0.2, 0.25) is 0 Å². The molecule has 0 aromatic carbocycles. The maximum absolute atomic E-state index is 12.3. The van der Waals surface area contributed by atoms with Crippen LogP contribution in [-0.2, 0) is 18.3 Å². The average molecular weight is 381 g/mol. The van der Waals surface area contributed by atoms with E-state index in [0.29, 0.717) is 13.1 Å². The lowest BCUT2D eigenvalue weighted by Gasteiger charge is -2.35. The predicted molar refractivity (Wildman–Crippen MR) is 109 cm³/mol. The summed E-state index contributed by atoms with van der Waals surface area (Å²) in [6.45, 7) is 11.0. The van der Waals surface area contributed by atoms with Gasteiger partial charge in [0.05, 0.1) is 11.7 Å². The largest absolute Gasteiger partial charge is 0.444 e. The van der Waals surface area contributed by atoms with Crippen molar-refractivity contribution in [2.24, 2.45) is 12.0 Å². The van der Waals surface area contributed by atoms with Gasteiger partial charge in [-0.1, -0.05) is 13.8 Å². The Morgan fingerprint density at radius 3 is 2.41 bits per heavy atom. The zero-order valence-corrected chi connectivity index (χ0v) is 18.1. The van der Waals surface area contributed by atoms with Crippen molar-refractivity contribution in [1.82, 2.24) is 25.3 Å². The van der Waals surface area contributed by atoms with Crippen LogP contribution in [0.15, 0.2) is 17.4 Å². The third kappa shape index (κ3) is 7.48. The van der Waals surface area contributed by atoms with Gasteiger partial charge in [0, 0.05) is 46.0 Å². The Kier molecular flexibility index (Phi) is 8.12. The molecule has 0 aliphatic heterocycles. The van der Waals surface area contributed by atoms with Crippen molar-refractivity contribution in [1.29, 1.82) is 0 Å². The fraction of sp³-hybridized carbons (Fsp3) is 0.737. The van der Waals surface area contributed by atoms with Crippen LogP contribution in [0, 0.1) is 0 Å². The molecule has 1 heterocycles. The Labute approximate surface area is 163 Å². The molecule has 0 unspecified atom stereocenters. The van der Waals surface area contributed by atoms with Crippen LogP contribution in [-0.4, -0.2) is 58.5 Å². The maximum atomic E-state index is 12.3. The van der Waals surface area contributed by atoms with E-state index in [1.807, 2.05) is 52.2 Å². The second kappa shape index (κ2) is 9.62. The van der Waals surface area contributed by atoms with Crippen molar-refractivity contribution >= 4 is 12.1 Å². The molecule has 1 aromatic heterocycles. The first-order valence-electron chi connectivity index (χ1n) is 9.44. The number of ether oxygens (including phenoxy) is 1. The molecule has 154 valence electrons. The molecule has 0 saturated carbocycles. The Balaban J connectivity index is 2.73. The topological polar surface area (TPSA) is 83.8 Å². The van der Waals surface area contributed by atoms with E-state index >= 15 is 0 Å². The van der Waals surface area contributed by atoms with Crippen LogP contribution in [0.1, 0.15) is 53.0 Å². The van der Waals surface area contributed by atoms with Crippen LogP contribution in [0.5, 0.6) is 0 Å². The van der Waals surface area contributed by atoms with Gasteiger partial charge in [0.25, 0.3) is 0 Å². The number of aromatic nitrogens is 2. The van der Waals surface area contributed by atoms with Crippen molar-refractivity contribution in [2.45, 2.75) is 65.1 Å². The fourth-order valence-electron chi connectivity index (χ4n) is 2.78. The molecule has 8 nitrogen and oxygen atoms in total. The number of carbonyl (C=O) groups excluding carboxylic acids is 1. The van der Waals surface area contributed by atoms with Gasteiger partial charge in [-0.15, -0.1) is 0 Å². The number of carbonyl (C=O) groups is 1. The third-order valence-corrected chi connectivity index (χ3v) is 4.46. The number of aliphatic imine (C=N–C) groups is 1. The van der Waals surface area contributed by atoms with Gasteiger partial charge in [0.1, 0.15) is 5.60 Å². The van der Waals surface area contributed by atoms with Gasteiger partial charge in [-0.2, -0.15) is 5.10 Å². The highest BCUT2D eigenvalue weighted by molar-refractivity contribution is 5.79. The molecule has 8 heteroatoms. The summed E-state index contributed by atoms with van der Waals surface area (Å²) < 4.78 is 7.21. The molecule has 1 amide bonds. The number of aryl methyl sites for hydroxylation is 1. The van der Waals surface area contributed by atoms with Gasteiger partial charge >= 0.3 is 6.09 Å². The van der Waals surface area contributed by atoms with Crippen LogP contribution < -0.4 is 10.6 Å². The molecule has 0 aliphatic carbocycles. The highest BCUT2D eigenvalue weighted by atomic mass is 16.6. The Bertz CT molecular complexity index is 628. The zero-order valence-electron chi connectivity index (χ0n) is 18.1. The molecule has 0 fully saturated rings. The van der Waals surface area contributed by atoms with Crippen LogP contribution in [0.3, 0.4) is 0 Å². The van der Waals surface area contributed by atoms with E-state index in [1.165, 1.54) is 0 Å². The van der Waals surface area contributed by atoms with E-state index in [2.05, 4.69) is 34.6 Å². The molecular weight excluding hydrogens is 344 g/mol. The number of alkyl carbamates (subject to hydrolysis) is 1. The van der Waals surface area contributed by atoms with E-state index in [0.717, 1.165) is 24.4 Å². The van der Waals surface area contributed by atoms with Crippen LogP contribution in [0.4, 0.5) is 4.79 Å². The number of guanidine groups is 1. The van der Waals surface area contributed by atoms with E-state index < -0.39 is 17.2 Å². The van der Waals surface area contributed by atoms with Crippen LogP contribution in [0.25, 0.3) is 0 Å². The summed E-state index contributed by atoms with van der Waals surface area (Å²) in [6, 6.07) is 0. The van der Waals surface area contributed by atoms with Gasteiger partial charge in [-0.3, -0.25) is 9.67 Å². The molecule has 1 rings (SSSR count). The maximum Gasteiger partial charge on any atom is 0.408 e. The highest BCUT2D eigenvalue weighted by Gasteiger charge is 2.31. The molecular formula is C19H36N6O2. The summed E-state index contributed by atoms with van der Waals surface area (Å²) in [4.78, 5) is 18.7. The normalized spacial score (nSPS) is 12.7. The first kappa shape index (κ1) is 22.8. The number of nitrogens with one attached hydrogen (secondary N) is 2. The predicted octanol–water partition coefficient (Wildman–Crippen LogP) is 2.51. The second-order valence-electron chi connectivity index (χ2n) is 7.89. The minimum Gasteiger partial charge on any atom is -0.444 e. The summed E-state index contributed by atoms with van der Waals surface area (Å²) in [5.74, 6) is 0.760. The smallest absolute Gasteiger partial charge is 0.408 e. The molecule has 0 saturated heterocycles. The molecule has 0 radical (unpaired) electrons. The van der Waals surface area contributed by atoms with Crippen molar-refractivity contribution < 1.29 is 9.53 Å². The van der Waals surface area contributed by atoms with Crippen molar-refractivity contribution in [3.63, 3.8) is 0 Å². The lowest BCUT2D eigenvalue weighted by molar-refractivity contribution is 0.0448. The van der Waals surface area contributed by atoms with Crippen LogP contribution >= 0.6 is 0 Å². The molecule has 0 spiro atoms. The van der Waals surface area contributed by atoms with Crippen LogP contribution in [0.2, 0.25) is 0 Å². The van der Waals surface area contributed by atoms with E-state index in [4.69, 9.17) is 4.74 Å². The fourth-order valence-corrected chi connectivity index (χ4v) is 2.78. The minimum absolute atomic E-state index is 0.397. The first-order valence-corrected chi connectivity index (χ1v) is 9.44. The minimum atomic E-state index is -0.523. The number of rotatable bonds is 7. The third-order valence-electron chi connectivity index (χ3n) is 4.46. The van der Waals surface area contributed by atoms with E-state index in [9.17, 15) is 4.79 Å². The molecule has 0 atom stereocenters. The van der Waals surface area contributed by atoms with Gasteiger partial charge in [0.15, 0.2) is 5.96 Å². The first-order chi connectivity index (χ1) is 12.5. The highest BCUT2D eigenvalue weighted by Crippen LogP contribution is 2.16. The number of hydrogen-bond donors (Lipinski definition) is 2. The molecule has 0 aliphatic rings. The average Bonchev–Trinajstić information content (AvgIpc) is 2.97. The van der Waals surface area contributed by atoms with Crippen molar-refractivity contribution in [3.05, 3.63) is 18.0 Å². The van der Waals surface area contributed by atoms with Gasteiger partial charge in [-0.25, -0.2) is 4.79 Å². The zero-order chi connectivity index (χ0) is 20.7. The summed E-state index contributed by atoms with van der Waals surface area (Å²) in [6.07, 6.45) is 4.98. The SMILES string of the molecule is CCC(CC)(CNC(=NC)N(C)Cc1cnn(C)c1)NC(=O)OC(C)(C)C. The second-order valence-corrected chi connectivity index (χ2v) is 7.89. The van der Waals surface area contributed by atoms with Gasteiger partial charge < -0.3 is 20.3 Å². The molecule has 2 N–H and O–H groups in total. The molecule has 1 aromatic rings. The van der Waals surface area contributed by atoms with Gasteiger partial charge in [-0.05, 0) is 33.6 Å². The lowest BCUT2D eigenvalue weighted by atomic mass is 9.93. The Hall–Kier alpha value is -2.25. The Morgan fingerprint density at radius 2 is 1.96 bits per heavy atom. The summed E-state index contributed by atoms with van der Waals surface area (Å²) in [7, 11) is 5.63.